The molecule has 0 aliphatic heterocycles. The fourth-order valence-corrected chi connectivity index (χ4v) is 3.33. The maximum absolute atomic E-state index is 12.5. The van der Waals surface area contributed by atoms with Gasteiger partial charge in [-0.15, -0.1) is 11.3 Å². The van der Waals surface area contributed by atoms with Crippen LogP contribution in [0, 0.1) is 0 Å². The maximum Gasteiger partial charge on any atom is 0.262 e. The van der Waals surface area contributed by atoms with Crippen molar-refractivity contribution in [1.29, 1.82) is 0 Å². The Balaban J connectivity index is 1.96. The molecule has 0 saturated carbocycles. The zero-order valence-corrected chi connectivity index (χ0v) is 13.8. The Morgan fingerprint density at radius 3 is 2.74 bits per heavy atom. The smallest absolute Gasteiger partial charge is 0.262 e. The summed E-state index contributed by atoms with van der Waals surface area (Å²) in [5.74, 6) is -0.193. The molecule has 118 valence electrons. The first-order valence-corrected chi connectivity index (χ1v) is 8.20. The third kappa shape index (κ3) is 3.32. The molecule has 0 spiro atoms. The van der Waals surface area contributed by atoms with E-state index in [4.69, 9.17) is 0 Å². The first-order chi connectivity index (χ1) is 11.0. The summed E-state index contributed by atoms with van der Waals surface area (Å²) < 4.78 is 1.35. The van der Waals surface area contributed by atoms with Gasteiger partial charge in [-0.2, -0.15) is 0 Å². The molecule has 23 heavy (non-hydrogen) atoms. The molecule has 1 amide bonds. The van der Waals surface area contributed by atoms with Crippen molar-refractivity contribution in [2.24, 2.45) is 0 Å². The highest BCUT2D eigenvalue weighted by Gasteiger charge is 2.12. The van der Waals surface area contributed by atoms with Gasteiger partial charge in [0.1, 0.15) is 11.4 Å². The molecule has 2 heterocycles. The van der Waals surface area contributed by atoms with Crippen LogP contribution in [0.4, 0.5) is 0 Å². The molecular formula is C17H17N3O2S. The monoisotopic (exact) mass is 327 g/mol. The second-order valence-corrected chi connectivity index (χ2v) is 6.63. The van der Waals surface area contributed by atoms with Crippen molar-refractivity contribution in [2.75, 3.05) is 0 Å². The van der Waals surface area contributed by atoms with E-state index in [1.807, 2.05) is 50.2 Å². The molecule has 0 fully saturated rings. The number of benzene rings is 1. The molecule has 0 saturated heterocycles. The summed E-state index contributed by atoms with van der Waals surface area (Å²) in [6.07, 6.45) is 1.44. The second kappa shape index (κ2) is 6.34. The number of nitrogens with zero attached hydrogens (tertiary/aromatic N) is 2. The van der Waals surface area contributed by atoms with Gasteiger partial charge in [0.25, 0.3) is 5.56 Å². The maximum atomic E-state index is 12.5. The summed E-state index contributed by atoms with van der Waals surface area (Å²) in [6, 6.07) is 11.8. The van der Waals surface area contributed by atoms with Crippen LogP contribution >= 0.6 is 11.3 Å². The van der Waals surface area contributed by atoms with E-state index >= 15 is 0 Å². The standard InChI is InChI=1S/C17H17N3O2S/c1-11(2)19-15(21)9-20-10-18-16-13(17(20)22)8-14(23-16)12-6-4-3-5-7-12/h3-8,10-11H,9H2,1-2H3,(H,19,21). The molecule has 0 atom stereocenters. The second-order valence-electron chi connectivity index (χ2n) is 5.60. The largest absolute Gasteiger partial charge is 0.352 e. The molecular weight excluding hydrogens is 310 g/mol. The number of fused-ring (bicyclic) bond motifs is 1. The quantitative estimate of drug-likeness (QED) is 0.801. The van der Waals surface area contributed by atoms with Gasteiger partial charge in [-0.3, -0.25) is 14.2 Å². The summed E-state index contributed by atoms with van der Waals surface area (Å²) in [6.45, 7) is 3.75. The first-order valence-electron chi connectivity index (χ1n) is 7.38. The third-order valence-corrected chi connectivity index (χ3v) is 4.43. The molecule has 1 aromatic carbocycles. The molecule has 0 aliphatic rings. The van der Waals surface area contributed by atoms with E-state index in [0.717, 1.165) is 10.4 Å². The van der Waals surface area contributed by atoms with Crippen LogP contribution in [0.15, 0.2) is 47.5 Å². The zero-order chi connectivity index (χ0) is 16.4. The molecule has 2 aromatic heterocycles. The summed E-state index contributed by atoms with van der Waals surface area (Å²) in [5.41, 5.74) is 0.867. The van der Waals surface area contributed by atoms with Crippen LogP contribution in [0.25, 0.3) is 20.7 Å². The van der Waals surface area contributed by atoms with E-state index < -0.39 is 0 Å². The average molecular weight is 327 g/mol. The van der Waals surface area contributed by atoms with E-state index in [9.17, 15) is 9.59 Å². The Labute approximate surface area is 137 Å². The predicted octanol–water partition coefficient (Wildman–Crippen LogP) is 2.65. The van der Waals surface area contributed by atoms with Crippen LogP contribution in [-0.2, 0) is 11.3 Å². The zero-order valence-electron chi connectivity index (χ0n) is 12.9. The van der Waals surface area contributed by atoms with Crippen LogP contribution in [0.5, 0.6) is 0 Å². The van der Waals surface area contributed by atoms with Gasteiger partial charge in [0.15, 0.2) is 0 Å². The van der Waals surface area contributed by atoms with Crippen molar-refractivity contribution in [2.45, 2.75) is 26.4 Å². The summed E-state index contributed by atoms with van der Waals surface area (Å²) in [7, 11) is 0. The van der Waals surface area contributed by atoms with Crippen molar-refractivity contribution in [1.82, 2.24) is 14.9 Å². The lowest BCUT2D eigenvalue weighted by molar-refractivity contribution is -0.122. The Morgan fingerprint density at radius 2 is 2.04 bits per heavy atom. The minimum absolute atomic E-state index is 0.0174. The number of nitrogens with one attached hydrogen (secondary N) is 1. The molecule has 3 aromatic rings. The molecule has 0 aliphatic carbocycles. The summed E-state index contributed by atoms with van der Waals surface area (Å²) in [4.78, 5) is 30.4. The van der Waals surface area contributed by atoms with E-state index in [0.29, 0.717) is 10.2 Å². The Bertz CT molecular complexity index is 897. The highest BCUT2D eigenvalue weighted by molar-refractivity contribution is 7.21. The lowest BCUT2D eigenvalue weighted by Crippen LogP contribution is -2.36. The van der Waals surface area contributed by atoms with Crippen LogP contribution in [-0.4, -0.2) is 21.5 Å². The van der Waals surface area contributed by atoms with Crippen molar-refractivity contribution in [3.05, 3.63) is 53.1 Å². The SMILES string of the molecule is CC(C)NC(=O)Cn1cnc2sc(-c3ccccc3)cc2c1=O. The predicted molar refractivity (Wildman–Crippen MR) is 92.6 cm³/mol. The summed E-state index contributed by atoms with van der Waals surface area (Å²) in [5, 5.41) is 3.32. The van der Waals surface area contributed by atoms with E-state index in [1.165, 1.54) is 22.2 Å². The number of amides is 1. The van der Waals surface area contributed by atoms with Gasteiger partial charge in [-0.05, 0) is 25.5 Å². The van der Waals surface area contributed by atoms with E-state index in [2.05, 4.69) is 10.3 Å². The van der Waals surface area contributed by atoms with E-state index in [-0.39, 0.29) is 24.1 Å². The molecule has 0 radical (unpaired) electrons. The van der Waals surface area contributed by atoms with Crippen LogP contribution in [0.3, 0.4) is 0 Å². The fourth-order valence-electron chi connectivity index (χ4n) is 2.34. The summed E-state index contributed by atoms with van der Waals surface area (Å²) >= 11 is 1.48. The number of rotatable bonds is 4. The first kappa shape index (κ1) is 15.4. The van der Waals surface area contributed by atoms with Crippen molar-refractivity contribution in [3.63, 3.8) is 0 Å². The third-order valence-electron chi connectivity index (χ3n) is 3.34. The molecule has 0 bridgehead atoms. The highest BCUT2D eigenvalue weighted by atomic mass is 32.1. The number of hydrogen-bond donors (Lipinski definition) is 1. The van der Waals surface area contributed by atoms with Gasteiger partial charge in [0, 0.05) is 10.9 Å². The van der Waals surface area contributed by atoms with Gasteiger partial charge >= 0.3 is 0 Å². The number of hydrogen-bond acceptors (Lipinski definition) is 4. The van der Waals surface area contributed by atoms with Crippen LogP contribution in [0.1, 0.15) is 13.8 Å². The molecule has 5 nitrogen and oxygen atoms in total. The minimum atomic E-state index is -0.193. The Morgan fingerprint density at radius 1 is 1.30 bits per heavy atom. The number of thiophene rings is 1. The van der Waals surface area contributed by atoms with Crippen molar-refractivity contribution < 1.29 is 4.79 Å². The van der Waals surface area contributed by atoms with Crippen molar-refractivity contribution >= 4 is 27.5 Å². The van der Waals surface area contributed by atoms with Crippen LogP contribution < -0.4 is 10.9 Å². The topological polar surface area (TPSA) is 64.0 Å². The van der Waals surface area contributed by atoms with Crippen LogP contribution in [0.2, 0.25) is 0 Å². The van der Waals surface area contributed by atoms with Crippen molar-refractivity contribution in [3.8, 4) is 10.4 Å². The molecule has 0 unspecified atom stereocenters. The van der Waals surface area contributed by atoms with Gasteiger partial charge in [0.05, 0.1) is 11.7 Å². The number of aromatic nitrogens is 2. The fraction of sp³-hybridized carbons (Fsp3) is 0.235. The van der Waals surface area contributed by atoms with Gasteiger partial charge in [0.2, 0.25) is 5.91 Å². The normalized spacial score (nSPS) is 11.1. The Kier molecular flexibility index (Phi) is 4.25. The van der Waals surface area contributed by atoms with Gasteiger partial charge < -0.3 is 5.32 Å². The average Bonchev–Trinajstić information content (AvgIpc) is 2.95. The Hall–Kier alpha value is -2.47. The number of carbonyl (C=O) groups is 1. The lowest BCUT2D eigenvalue weighted by Gasteiger charge is -2.09. The van der Waals surface area contributed by atoms with Gasteiger partial charge in [-0.1, -0.05) is 30.3 Å². The van der Waals surface area contributed by atoms with E-state index in [1.54, 1.807) is 0 Å². The molecule has 6 heteroatoms. The molecule has 3 rings (SSSR count). The molecule has 1 N–H and O–H groups in total. The van der Waals surface area contributed by atoms with Gasteiger partial charge in [-0.25, -0.2) is 4.98 Å². The minimum Gasteiger partial charge on any atom is -0.352 e. The highest BCUT2D eigenvalue weighted by Crippen LogP contribution is 2.30. The lowest BCUT2D eigenvalue weighted by atomic mass is 10.2. The number of carbonyl (C=O) groups excluding carboxylic acids is 1.